The molecule has 36 heavy (non-hydrogen) atoms. The van der Waals surface area contributed by atoms with E-state index in [-0.39, 0.29) is 5.75 Å². The molecule has 1 saturated heterocycles. The second-order valence-corrected chi connectivity index (χ2v) is 11.8. The number of aromatic nitrogens is 2. The van der Waals surface area contributed by atoms with Crippen molar-refractivity contribution in [2.24, 2.45) is 0 Å². The molecular formula is C26H35N7O2S. The minimum absolute atomic E-state index is 0.0979. The first-order valence-corrected chi connectivity index (χ1v) is 13.8. The van der Waals surface area contributed by atoms with E-state index < -0.39 is 15.6 Å². The van der Waals surface area contributed by atoms with Crippen molar-refractivity contribution in [3.63, 3.8) is 0 Å². The molecule has 0 radical (unpaired) electrons. The molecule has 2 aromatic carbocycles. The Hall–Kier alpha value is -3.21. The third-order valence-corrected chi connectivity index (χ3v) is 7.22. The van der Waals surface area contributed by atoms with Crippen LogP contribution >= 0.6 is 0 Å². The lowest BCUT2D eigenvalue weighted by atomic mass is 10.1. The normalized spacial score (nSPS) is 14.5. The van der Waals surface area contributed by atoms with E-state index in [2.05, 4.69) is 47.7 Å². The van der Waals surface area contributed by atoms with Crippen LogP contribution in [0.3, 0.4) is 0 Å². The molecule has 1 aromatic heterocycles. The third kappa shape index (κ3) is 7.39. The van der Waals surface area contributed by atoms with Crippen LogP contribution in [-0.2, 0) is 15.8 Å². The van der Waals surface area contributed by atoms with E-state index in [1.807, 2.05) is 58.0 Å². The molecule has 1 aliphatic heterocycles. The van der Waals surface area contributed by atoms with Gasteiger partial charge in [0.05, 0.1) is 5.75 Å². The summed E-state index contributed by atoms with van der Waals surface area (Å²) < 4.78 is 27.7. The minimum Gasteiger partial charge on any atom is -0.369 e. The van der Waals surface area contributed by atoms with E-state index in [0.717, 1.165) is 43.1 Å². The van der Waals surface area contributed by atoms with Crippen molar-refractivity contribution in [2.45, 2.75) is 39.0 Å². The number of sulfonamides is 1. The number of anilines is 5. The molecule has 1 fully saturated rings. The summed E-state index contributed by atoms with van der Waals surface area (Å²) in [7, 11) is -3.46. The zero-order valence-electron chi connectivity index (χ0n) is 21.3. The summed E-state index contributed by atoms with van der Waals surface area (Å²) in [6.45, 7) is 11.4. The summed E-state index contributed by atoms with van der Waals surface area (Å²) in [5, 5.41) is 9.95. The van der Waals surface area contributed by atoms with Crippen LogP contribution < -0.4 is 25.6 Å². The highest BCUT2D eigenvalue weighted by Gasteiger charge is 2.20. The molecule has 0 aliphatic carbocycles. The van der Waals surface area contributed by atoms with Crippen LogP contribution in [0.15, 0.2) is 54.7 Å². The molecule has 10 heteroatoms. The van der Waals surface area contributed by atoms with Gasteiger partial charge in [0.15, 0.2) is 0 Å². The van der Waals surface area contributed by atoms with Crippen molar-refractivity contribution in [1.29, 1.82) is 0 Å². The van der Waals surface area contributed by atoms with Gasteiger partial charge >= 0.3 is 0 Å². The summed E-state index contributed by atoms with van der Waals surface area (Å²) in [6.07, 6.45) is 1.76. The first-order chi connectivity index (χ1) is 17.1. The Balaban J connectivity index is 1.44. The first-order valence-electron chi connectivity index (χ1n) is 12.1. The molecule has 4 rings (SSSR count). The molecule has 2 heterocycles. The molecule has 4 N–H and O–H groups in total. The minimum atomic E-state index is -3.46. The van der Waals surface area contributed by atoms with Crippen LogP contribution in [0.25, 0.3) is 0 Å². The van der Waals surface area contributed by atoms with E-state index in [4.69, 9.17) is 0 Å². The van der Waals surface area contributed by atoms with Crippen LogP contribution in [-0.4, -0.2) is 50.1 Å². The largest absolute Gasteiger partial charge is 0.369 e. The topological polar surface area (TPSA) is 111 Å². The van der Waals surface area contributed by atoms with E-state index in [0.29, 0.717) is 17.3 Å². The van der Waals surface area contributed by atoms with Crippen LogP contribution in [0, 0.1) is 6.92 Å². The Labute approximate surface area is 213 Å². The summed E-state index contributed by atoms with van der Waals surface area (Å²) in [6, 6.07) is 15.6. The predicted octanol–water partition coefficient (Wildman–Crippen LogP) is 3.90. The van der Waals surface area contributed by atoms with Gasteiger partial charge < -0.3 is 20.9 Å². The van der Waals surface area contributed by atoms with Crippen LogP contribution in [0.5, 0.6) is 0 Å². The molecule has 0 bridgehead atoms. The fourth-order valence-electron chi connectivity index (χ4n) is 4.03. The van der Waals surface area contributed by atoms with Crippen LogP contribution in [0.2, 0.25) is 0 Å². The Morgan fingerprint density at radius 1 is 1.00 bits per heavy atom. The molecule has 3 aromatic rings. The van der Waals surface area contributed by atoms with Crippen LogP contribution in [0.1, 0.15) is 31.9 Å². The summed E-state index contributed by atoms with van der Waals surface area (Å²) in [4.78, 5) is 11.4. The highest BCUT2D eigenvalue weighted by Crippen LogP contribution is 2.24. The number of nitrogens with one attached hydrogen (secondary N) is 4. The van der Waals surface area contributed by atoms with E-state index >= 15 is 0 Å². The summed E-state index contributed by atoms with van der Waals surface area (Å²) >= 11 is 0. The quantitative estimate of drug-likeness (QED) is 0.362. The number of hydrogen-bond acceptors (Lipinski definition) is 8. The highest BCUT2D eigenvalue weighted by atomic mass is 32.2. The van der Waals surface area contributed by atoms with Gasteiger partial charge in [-0.25, -0.2) is 18.1 Å². The fraction of sp³-hybridized carbons (Fsp3) is 0.385. The molecular weight excluding hydrogens is 474 g/mol. The highest BCUT2D eigenvalue weighted by molar-refractivity contribution is 7.88. The third-order valence-electron chi connectivity index (χ3n) is 5.59. The maximum absolute atomic E-state index is 12.5. The van der Waals surface area contributed by atoms with Gasteiger partial charge in [-0.1, -0.05) is 12.1 Å². The molecule has 0 spiro atoms. The van der Waals surface area contributed by atoms with Crippen molar-refractivity contribution in [3.05, 3.63) is 65.9 Å². The average molecular weight is 510 g/mol. The zero-order chi connectivity index (χ0) is 25.8. The van der Waals surface area contributed by atoms with Gasteiger partial charge in [0.25, 0.3) is 0 Å². The second kappa shape index (κ2) is 10.8. The first kappa shape index (κ1) is 25.9. The lowest BCUT2D eigenvalue weighted by Crippen LogP contribution is -2.43. The average Bonchev–Trinajstić information content (AvgIpc) is 2.81. The van der Waals surface area contributed by atoms with Gasteiger partial charge in [0.2, 0.25) is 16.0 Å². The SMILES string of the molecule is Cc1cnc(Nc2ccc(N3CCNCC3)cc2)nc1Nc1cccc(CS(=O)(=O)NC(C)(C)C)c1. The molecule has 1 aliphatic rings. The van der Waals surface area contributed by atoms with Crippen molar-refractivity contribution in [3.8, 4) is 0 Å². The maximum Gasteiger partial charge on any atom is 0.229 e. The molecule has 0 amide bonds. The van der Waals surface area contributed by atoms with Gasteiger partial charge in [0, 0.05) is 60.5 Å². The van der Waals surface area contributed by atoms with E-state index in [1.54, 1.807) is 12.3 Å². The zero-order valence-corrected chi connectivity index (χ0v) is 22.1. The Bertz CT molecular complexity index is 1280. The summed E-state index contributed by atoms with van der Waals surface area (Å²) in [5.41, 5.74) is 3.90. The van der Waals surface area contributed by atoms with Crippen molar-refractivity contribution >= 4 is 38.9 Å². The Morgan fingerprint density at radius 2 is 1.72 bits per heavy atom. The Kier molecular flexibility index (Phi) is 7.77. The number of benzene rings is 2. The van der Waals surface area contributed by atoms with Crippen molar-refractivity contribution in [1.82, 2.24) is 20.0 Å². The molecule has 0 atom stereocenters. The summed E-state index contributed by atoms with van der Waals surface area (Å²) in [5.74, 6) is 1.03. The number of aryl methyl sites for hydroxylation is 1. The lowest BCUT2D eigenvalue weighted by Gasteiger charge is -2.29. The monoisotopic (exact) mass is 509 g/mol. The standard InChI is InChI=1S/C26H35N7O2S/c1-19-17-28-25(30-21-8-10-23(11-9-21)33-14-12-27-13-15-33)31-24(19)29-22-7-5-6-20(16-22)18-36(34,35)32-26(2,3)4/h5-11,16-17,27,32H,12-15,18H2,1-4H3,(H2,28,29,30,31). The second-order valence-electron chi connectivity index (χ2n) is 10.1. The van der Waals surface area contributed by atoms with Gasteiger partial charge in [-0.3, -0.25) is 0 Å². The van der Waals surface area contributed by atoms with Gasteiger partial charge in [-0.2, -0.15) is 4.98 Å². The molecule has 0 unspecified atom stereocenters. The van der Waals surface area contributed by atoms with Gasteiger partial charge in [-0.05, 0) is 69.7 Å². The fourth-order valence-corrected chi connectivity index (χ4v) is 5.66. The van der Waals surface area contributed by atoms with Crippen molar-refractivity contribution in [2.75, 3.05) is 41.7 Å². The molecule has 192 valence electrons. The van der Waals surface area contributed by atoms with E-state index in [9.17, 15) is 8.42 Å². The number of hydrogen-bond donors (Lipinski definition) is 4. The molecule has 9 nitrogen and oxygen atoms in total. The number of piperazine rings is 1. The van der Waals surface area contributed by atoms with Gasteiger partial charge in [-0.15, -0.1) is 0 Å². The predicted molar refractivity (Wildman–Crippen MR) is 147 cm³/mol. The number of rotatable bonds is 8. The maximum atomic E-state index is 12.5. The lowest BCUT2D eigenvalue weighted by molar-refractivity contribution is 0.491. The number of nitrogens with zero attached hydrogens (tertiary/aromatic N) is 3. The van der Waals surface area contributed by atoms with Crippen molar-refractivity contribution < 1.29 is 8.42 Å². The van der Waals surface area contributed by atoms with Crippen LogP contribution in [0.4, 0.5) is 28.8 Å². The Morgan fingerprint density at radius 3 is 2.42 bits per heavy atom. The smallest absolute Gasteiger partial charge is 0.229 e. The van der Waals surface area contributed by atoms with Gasteiger partial charge in [0.1, 0.15) is 5.82 Å². The van der Waals surface area contributed by atoms with E-state index in [1.165, 1.54) is 5.69 Å². The molecule has 0 saturated carbocycles.